The second-order valence-corrected chi connectivity index (χ2v) is 11.4. The van der Waals surface area contributed by atoms with Crippen LogP contribution in [0.5, 0.6) is 0 Å². The van der Waals surface area contributed by atoms with Crippen molar-refractivity contribution in [2.75, 3.05) is 36.8 Å². The first-order valence-electron chi connectivity index (χ1n) is 13.7. The number of aromatic nitrogens is 3. The number of nitriles is 1. The summed E-state index contributed by atoms with van der Waals surface area (Å²) in [6.07, 6.45) is 5.54. The number of nitrogens with two attached hydrogens (primary N) is 1. The standard InChI is InChI=1S/C31H29Cl2F2N7O/c1-5-8-40-9-11-41(12-10-40)29-18-13-22(34)27(23-24(35)20(32)14-21(33)25(23)37)39-30(18)42(31(43)19(29)15-36)28-17(4)6-7-38-26(28)16(2)3/h5-8,13-14,16H,9-12,37H2,1-4H3. The van der Waals surface area contributed by atoms with Crippen LogP contribution in [-0.2, 0) is 0 Å². The molecule has 0 radical (unpaired) electrons. The number of nitrogen functional groups attached to an aromatic ring is 1. The van der Waals surface area contributed by atoms with Crippen LogP contribution in [0.15, 0.2) is 41.5 Å². The molecule has 0 unspecified atom stereocenters. The zero-order valence-electron chi connectivity index (χ0n) is 24.1. The van der Waals surface area contributed by atoms with E-state index < -0.39 is 28.5 Å². The molecule has 43 heavy (non-hydrogen) atoms. The van der Waals surface area contributed by atoms with Crippen LogP contribution in [-0.4, -0.2) is 45.6 Å². The second kappa shape index (κ2) is 11.8. The van der Waals surface area contributed by atoms with Gasteiger partial charge < -0.3 is 15.5 Å². The summed E-state index contributed by atoms with van der Waals surface area (Å²) in [5.74, 6) is -2.05. The number of anilines is 2. The molecule has 12 heteroatoms. The van der Waals surface area contributed by atoms with Crippen molar-refractivity contribution >= 4 is 45.6 Å². The molecule has 3 aromatic heterocycles. The van der Waals surface area contributed by atoms with E-state index in [1.165, 1.54) is 4.57 Å². The van der Waals surface area contributed by atoms with Gasteiger partial charge in [0.2, 0.25) is 0 Å². The molecule has 0 amide bonds. The SMILES string of the molecule is CC=CN1CCN(c2c(C#N)c(=O)n(-c3c(C)ccnc3C(C)C)c3nc(-c4c(N)c(Cl)cc(Cl)c4F)c(F)cc23)CC1. The molecule has 222 valence electrons. The summed E-state index contributed by atoms with van der Waals surface area (Å²) in [7, 11) is 0. The van der Waals surface area contributed by atoms with Crippen molar-refractivity contribution in [3.8, 4) is 23.0 Å². The fourth-order valence-corrected chi connectivity index (χ4v) is 5.97. The van der Waals surface area contributed by atoms with Crippen molar-refractivity contribution in [3.05, 3.63) is 85.5 Å². The largest absolute Gasteiger partial charge is 0.397 e. The normalized spacial score (nSPS) is 13.9. The van der Waals surface area contributed by atoms with Crippen molar-refractivity contribution < 1.29 is 8.78 Å². The highest BCUT2D eigenvalue weighted by Crippen LogP contribution is 2.41. The molecule has 8 nitrogen and oxygen atoms in total. The van der Waals surface area contributed by atoms with E-state index in [9.17, 15) is 10.1 Å². The lowest BCUT2D eigenvalue weighted by atomic mass is 10.0. The fourth-order valence-electron chi connectivity index (χ4n) is 5.51. The van der Waals surface area contributed by atoms with Gasteiger partial charge in [-0.25, -0.2) is 13.8 Å². The molecule has 1 aromatic carbocycles. The molecule has 1 saturated heterocycles. The predicted octanol–water partition coefficient (Wildman–Crippen LogP) is 6.57. The lowest BCUT2D eigenvalue weighted by Crippen LogP contribution is -2.45. The number of benzene rings is 1. The third kappa shape index (κ3) is 5.17. The number of pyridine rings is 3. The second-order valence-electron chi connectivity index (χ2n) is 10.6. The van der Waals surface area contributed by atoms with Gasteiger partial charge in [-0.15, -0.1) is 0 Å². The topological polar surface area (TPSA) is 104 Å². The summed E-state index contributed by atoms with van der Waals surface area (Å²) in [4.78, 5) is 27.4. The maximum atomic E-state index is 16.1. The van der Waals surface area contributed by atoms with Gasteiger partial charge in [0.05, 0.1) is 38.4 Å². The number of hydrogen-bond donors (Lipinski definition) is 1. The number of nitrogens with zero attached hydrogens (tertiary/aromatic N) is 6. The fraction of sp³-hybridized carbons (Fsp3) is 0.290. The maximum absolute atomic E-state index is 16.1. The minimum atomic E-state index is -1.00. The van der Waals surface area contributed by atoms with Crippen LogP contribution in [0.1, 0.15) is 43.5 Å². The Balaban J connectivity index is 1.94. The number of hydrogen-bond acceptors (Lipinski definition) is 7. The van der Waals surface area contributed by atoms with Crippen molar-refractivity contribution in [2.24, 2.45) is 0 Å². The Morgan fingerprint density at radius 2 is 1.81 bits per heavy atom. The van der Waals surface area contributed by atoms with Crippen LogP contribution >= 0.6 is 23.2 Å². The summed E-state index contributed by atoms with van der Waals surface area (Å²) in [5, 5.41) is 10.1. The highest BCUT2D eigenvalue weighted by molar-refractivity contribution is 6.37. The van der Waals surface area contributed by atoms with Crippen LogP contribution in [0.4, 0.5) is 20.2 Å². The van der Waals surface area contributed by atoms with Crippen molar-refractivity contribution in [1.82, 2.24) is 19.4 Å². The van der Waals surface area contributed by atoms with Gasteiger partial charge >= 0.3 is 0 Å². The van der Waals surface area contributed by atoms with E-state index >= 15 is 8.78 Å². The van der Waals surface area contributed by atoms with E-state index in [0.717, 1.165) is 12.1 Å². The molecule has 0 bridgehead atoms. The predicted molar refractivity (Wildman–Crippen MR) is 167 cm³/mol. The van der Waals surface area contributed by atoms with Crippen molar-refractivity contribution in [1.29, 1.82) is 5.26 Å². The highest BCUT2D eigenvalue weighted by Gasteiger charge is 2.30. The summed E-state index contributed by atoms with van der Waals surface area (Å²) in [6.45, 7) is 9.75. The molecule has 4 heterocycles. The Morgan fingerprint density at radius 1 is 1.12 bits per heavy atom. The Bertz CT molecular complexity index is 1860. The summed E-state index contributed by atoms with van der Waals surface area (Å²) in [5.41, 5.74) is 6.11. The Labute approximate surface area is 257 Å². The first-order valence-corrected chi connectivity index (χ1v) is 14.5. The average Bonchev–Trinajstić information content (AvgIpc) is 2.97. The van der Waals surface area contributed by atoms with E-state index in [1.807, 2.05) is 37.9 Å². The van der Waals surface area contributed by atoms with Gasteiger partial charge in [0.15, 0.2) is 17.3 Å². The molecule has 1 fully saturated rings. The Hall–Kier alpha value is -4.20. The summed E-state index contributed by atoms with van der Waals surface area (Å²) >= 11 is 12.3. The molecule has 0 aliphatic carbocycles. The lowest BCUT2D eigenvalue weighted by molar-refractivity contribution is 0.349. The lowest BCUT2D eigenvalue weighted by Gasteiger charge is -2.36. The van der Waals surface area contributed by atoms with Gasteiger partial charge in [-0.3, -0.25) is 14.3 Å². The number of fused-ring (bicyclic) bond motifs is 1. The van der Waals surface area contributed by atoms with Gasteiger partial charge in [0.1, 0.15) is 17.3 Å². The first-order chi connectivity index (χ1) is 20.5. The van der Waals surface area contributed by atoms with E-state index in [4.69, 9.17) is 28.9 Å². The van der Waals surface area contributed by atoms with Crippen LogP contribution < -0.4 is 16.2 Å². The first kappa shape index (κ1) is 30.3. The smallest absolute Gasteiger partial charge is 0.276 e. The van der Waals surface area contributed by atoms with Crippen molar-refractivity contribution in [3.63, 3.8) is 0 Å². The molecule has 5 rings (SSSR count). The van der Waals surface area contributed by atoms with Gasteiger partial charge in [-0.05, 0) is 49.7 Å². The van der Waals surface area contributed by atoms with E-state index in [-0.39, 0.29) is 43.9 Å². The monoisotopic (exact) mass is 623 g/mol. The Kier molecular flexibility index (Phi) is 8.32. The number of halogens is 4. The van der Waals surface area contributed by atoms with Crippen LogP contribution in [0.3, 0.4) is 0 Å². The number of rotatable bonds is 5. The molecule has 1 aliphatic heterocycles. The minimum Gasteiger partial charge on any atom is -0.397 e. The molecule has 2 N–H and O–H groups in total. The van der Waals surface area contributed by atoms with Gasteiger partial charge in [-0.2, -0.15) is 5.26 Å². The summed E-state index contributed by atoms with van der Waals surface area (Å²) < 4.78 is 32.8. The molecular formula is C31H29Cl2F2N7O. The number of aryl methyl sites for hydroxylation is 1. The highest BCUT2D eigenvalue weighted by atomic mass is 35.5. The van der Waals surface area contributed by atoms with E-state index in [2.05, 4.69) is 20.9 Å². The maximum Gasteiger partial charge on any atom is 0.276 e. The molecular weight excluding hydrogens is 595 g/mol. The van der Waals surface area contributed by atoms with Crippen LogP contribution in [0.2, 0.25) is 10.0 Å². The van der Waals surface area contributed by atoms with Gasteiger partial charge in [0.25, 0.3) is 5.56 Å². The number of piperazine rings is 1. The average molecular weight is 625 g/mol. The summed E-state index contributed by atoms with van der Waals surface area (Å²) in [6, 6.07) is 6.11. The van der Waals surface area contributed by atoms with Gasteiger partial charge in [0, 0.05) is 37.8 Å². The molecule has 0 spiro atoms. The minimum absolute atomic E-state index is 0.0131. The molecule has 0 atom stereocenters. The zero-order chi connectivity index (χ0) is 31.2. The van der Waals surface area contributed by atoms with Crippen LogP contribution in [0, 0.1) is 29.9 Å². The van der Waals surface area contributed by atoms with Crippen molar-refractivity contribution in [2.45, 2.75) is 33.6 Å². The Morgan fingerprint density at radius 3 is 2.44 bits per heavy atom. The quantitative estimate of drug-likeness (QED) is 0.198. The van der Waals surface area contributed by atoms with Gasteiger partial charge in [-0.1, -0.05) is 43.1 Å². The zero-order valence-corrected chi connectivity index (χ0v) is 25.6. The van der Waals surface area contributed by atoms with Crippen LogP contribution in [0.25, 0.3) is 28.0 Å². The third-order valence-electron chi connectivity index (χ3n) is 7.55. The molecule has 0 saturated carbocycles. The van der Waals surface area contributed by atoms with E-state index in [1.54, 1.807) is 19.2 Å². The molecule has 1 aliphatic rings. The molecule has 4 aromatic rings. The van der Waals surface area contributed by atoms with E-state index in [0.29, 0.717) is 43.1 Å². The third-order valence-corrected chi connectivity index (χ3v) is 8.14. The number of allylic oxidation sites excluding steroid dienone is 1.